The summed E-state index contributed by atoms with van der Waals surface area (Å²) in [5.41, 5.74) is 4.27. The van der Waals surface area contributed by atoms with Crippen molar-refractivity contribution < 1.29 is 27.6 Å². The number of ether oxygens (including phenoxy) is 2. The normalized spacial score (nSPS) is 21.5. The molecule has 3 N–H and O–H groups in total. The van der Waals surface area contributed by atoms with Crippen LogP contribution in [0.1, 0.15) is 105 Å². The van der Waals surface area contributed by atoms with Crippen molar-refractivity contribution in [1.82, 2.24) is 24.6 Å². The largest absolute Gasteiger partial charge is 0.474 e. The molecule has 10 rings (SSSR count). The number of likely N-dealkylation sites (tertiary alicyclic amines) is 1. The van der Waals surface area contributed by atoms with Gasteiger partial charge in [0.15, 0.2) is 10.7 Å². The number of piperidine rings is 1. The summed E-state index contributed by atoms with van der Waals surface area (Å²) in [7, 11) is -4.72. The number of carbonyl (C=O) groups excluding carboxylic acids is 1. The summed E-state index contributed by atoms with van der Waals surface area (Å²) < 4.78 is 41.8. The number of benzene rings is 2. The van der Waals surface area contributed by atoms with Crippen LogP contribution in [0.4, 0.5) is 17.1 Å². The van der Waals surface area contributed by atoms with E-state index in [1.807, 2.05) is 12.1 Å². The third kappa shape index (κ3) is 7.50. The number of aromatic nitrogens is 3. The van der Waals surface area contributed by atoms with Crippen LogP contribution in [0.3, 0.4) is 0 Å². The molecule has 324 valence electrons. The third-order valence-electron chi connectivity index (χ3n) is 14.2. The molecule has 2 saturated heterocycles. The molecule has 0 unspecified atom stereocenters. The molecule has 0 bridgehead atoms. The van der Waals surface area contributed by atoms with Gasteiger partial charge in [-0.1, -0.05) is 44.5 Å². The van der Waals surface area contributed by atoms with E-state index in [1.165, 1.54) is 43.0 Å². The summed E-state index contributed by atoms with van der Waals surface area (Å²) in [5.74, 6) is 0.116. The van der Waals surface area contributed by atoms with Gasteiger partial charge in [0.2, 0.25) is 5.88 Å². The maximum atomic E-state index is 14.0. The number of H-pyrrole nitrogens is 1. The first-order valence-electron chi connectivity index (χ1n) is 21.9. The average Bonchev–Trinajstić information content (AvgIpc) is 3.92. The predicted molar refractivity (Wildman–Crippen MR) is 235 cm³/mol. The molecule has 2 saturated carbocycles. The molecule has 3 aliphatic heterocycles. The number of aromatic amines is 1. The minimum atomic E-state index is -4.72. The van der Waals surface area contributed by atoms with E-state index >= 15 is 0 Å². The molecule has 6 heterocycles. The lowest BCUT2D eigenvalue weighted by Gasteiger charge is -2.56. The minimum Gasteiger partial charge on any atom is -0.474 e. The Kier molecular flexibility index (Phi) is 10.3. The second-order valence-corrected chi connectivity index (χ2v) is 19.8. The highest BCUT2D eigenvalue weighted by Crippen LogP contribution is 2.54. The number of hydrogen-bond donors (Lipinski definition) is 3. The van der Waals surface area contributed by atoms with Crippen LogP contribution < -0.4 is 24.4 Å². The zero-order valence-electron chi connectivity index (χ0n) is 35.0. The fraction of sp³-hybridized carbons (Fsp3) is 0.457. The number of pyridine rings is 2. The second-order valence-electron chi connectivity index (χ2n) is 18.2. The van der Waals surface area contributed by atoms with Crippen LogP contribution >= 0.6 is 0 Å². The topological polar surface area (TPSA) is 185 Å². The number of nitrogens with zero attached hydrogens (tertiary/aromatic N) is 5. The highest BCUT2D eigenvalue weighted by atomic mass is 32.2. The summed E-state index contributed by atoms with van der Waals surface area (Å²) in [6.45, 7) is 7.59. The van der Waals surface area contributed by atoms with Gasteiger partial charge in [-0.25, -0.2) is 9.71 Å². The van der Waals surface area contributed by atoms with Crippen LogP contribution in [-0.4, -0.2) is 77.4 Å². The van der Waals surface area contributed by atoms with Crippen molar-refractivity contribution in [1.29, 1.82) is 0 Å². The second kappa shape index (κ2) is 15.9. The molecule has 2 aliphatic carbocycles. The molecule has 62 heavy (non-hydrogen) atoms. The van der Waals surface area contributed by atoms with E-state index in [2.05, 4.69) is 72.9 Å². The first kappa shape index (κ1) is 40.3. The van der Waals surface area contributed by atoms with E-state index in [9.17, 15) is 23.3 Å². The van der Waals surface area contributed by atoms with Gasteiger partial charge in [0.25, 0.3) is 15.9 Å². The molecule has 16 heteroatoms. The number of carbonyl (C=O) groups is 1. The van der Waals surface area contributed by atoms with E-state index in [1.54, 1.807) is 24.4 Å². The van der Waals surface area contributed by atoms with Gasteiger partial charge in [-0.3, -0.25) is 19.8 Å². The maximum absolute atomic E-state index is 14.0. The van der Waals surface area contributed by atoms with Gasteiger partial charge < -0.3 is 24.7 Å². The van der Waals surface area contributed by atoms with Crippen LogP contribution in [-0.2, 0) is 10.0 Å². The lowest BCUT2D eigenvalue weighted by molar-refractivity contribution is -0.384. The zero-order chi connectivity index (χ0) is 42.8. The lowest BCUT2D eigenvalue weighted by Crippen LogP contribution is -2.54. The molecule has 0 radical (unpaired) electrons. The smallest absolute Gasteiger partial charge is 0.300 e. The fourth-order valence-corrected chi connectivity index (χ4v) is 11.5. The molecular weight excluding hydrogens is 809 g/mol. The first-order valence-corrected chi connectivity index (χ1v) is 23.4. The summed E-state index contributed by atoms with van der Waals surface area (Å²) in [6, 6.07) is 19.5. The molecule has 5 aromatic rings. The van der Waals surface area contributed by atoms with Crippen molar-refractivity contribution in [3.8, 4) is 17.4 Å². The number of hydrogen-bond acceptors (Lipinski definition) is 12. The highest BCUT2D eigenvalue weighted by molar-refractivity contribution is 7.90. The summed E-state index contributed by atoms with van der Waals surface area (Å²) >= 11 is 0. The Labute approximate surface area is 360 Å². The molecule has 3 aromatic heterocycles. The van der Waals surface area contributed by atoms with E-state index in [0.29, 0.717) is 40.7 Å². The summed E-state index contributed by atoms with van der Waals surface area (Å²) in [6.07, 6.45) is 13.3. The van der Waals surface area contributed by atoms with Crippen LogP contribution in [0.2, 0.25) is 0 Å². The molecule has 1 spiro atoms. The number of amides is 1. The van der Waals surface area contributed by atoms with Crippen molar-refractivity contribution in [2.45, 2.75) is 101 Å². The van der Waals surface area contributed by atoms with Gasteiger partial charge in [0, 0.05) is 48.5 Å². The number of nitrogens with one attached hydrogen (secondary N) is 3. The summed E-state index contributed by atoms with van der Waals surface area (Å²) in [4.78, 5) is 42.2. The monoisotopic (exact) mass is 860 g/mol. The highest BCUT2D eigenvalue weighted by Gasteiger charge is 2.50. The molecule has 4 fully saturated rings. The molecule has 2 atom stereocenters. The van der Waals surface area contributed by atoms with Crippen LogP contribution in [0, 0.1) is 21.4 Å². The fourth-order valence-electron chi connectivity index (χ4n) is 10.5. The number of sulfonamides is 1. The number of nitro groups is 1. The Balaban J connectivity index is 0.864. The Bertz CT molecular complexity index is 2650. The van der Waals surface area contributed by atoms with Gasteiger partial charge in [-0.2, -0.15) is 13.4 Å². The van der Waals surface area contributed by atoms with Crippen molar-refractivity contribution in [3.63, 3.8) is 0 Å². The minimum absolute atomic E-state index is 0.0342. The Morgan fingerprint density at radius 1 is 1.03 bits per heavy atom. The molecule has 5 aliphatic rings. The molecule has 2 aromatic carbocycles. The number of rotatable bonds is 11. The van der Waals surface area contributed by atoms with Gasteiger partial charge in [-0.05, 0) is 111 Å². The summed E-state index contributed by atoms with van der Waals surface area (Å²) in [5, 5.41) is 15.4. The predicted octanol–water partition coefficient (Wildman–Crippen LogP) is 8.46. The van der Waals surface area contributed by atoms with Crippen LogP contribution in [0.15, 0.2) is 78.1 Å². The lowest BCUT2D eigenvalue weighted by atomic mass is 9.59. The van der Waals surface area contributed by atoms with Crippen molar-refractivity contribution in [2.24, 2.45) is 11.3 Å². The Morgan fingerprint density at radius 3 is 2.60 bits per heavy atom. The van der Waals surface area contributed by atoms with Gasteiger partial charge in [0.1, 0.15) is 23.8 Å². The average molecular weight is 861 g/mol. The van der Waals surface area contributed by atoms with E-state index in [4.69, 9.17) is 9.47 Å². The number of fused-ring (bicyclic) bond motifs is 2. The molecule has 1 amide bonds. The SMILES string of the molecule is CC(C)c1ccccc1[C@H]1CCCN1C1CC2(CCN(c3ccc(C(=O)NS(=O)(=O)c4cc([N+](=O)[O-])c5c(n4)OC[C@H](C4CCC4)N5)c(Oc4cnc5[nH]ccc5c4)c3)CC2)C1. The van der Waals surface area contributed by atoms with Crippen LogP contribution in [0.25, 0.3) is 11.0 Å². The van der Waals surface area contributed by atoms with E-state index < -0.39 is 31.6 Å². The van der Waals surface area contributed by atoms with Crippen molar-refractivity contribution >= 4 is 44.0 Å². The van der Waals surface area contributed by atoms with E-state index in [0.717, 1.165) is 68.9 Å². The Hall–Kier alpha value is -5.74. The first-order chi connectivity index (χ1) is 29.9. The quantitative estimate of drug-likeness (QED) is 0.0852. The zero-order valence-corrected chi connectivity index (χ0v) is 35.8. The van der Waals surface area contributed by atoms with E-state index in [-0.39, 0.29) is 35.5 Å². The van der Waals surface area contributed by atoms with Gasteiger partial charge >= 0.3 is 5.69 Å². The van der Waals surface area contributed by atoms with Gasteiger partial charge in [0.05, 0.1) is 28.8 Å². The van der Waals surface area contributed by atoms with Crippen LogP contribution in [0.5, 0.6) is 17.4 Å². The third-order valence-corrected chi connectivity index (χ3v) is 15.4. The Morgan fingerprint density at radius 2 is 1.84 bits per heavy atom. The molecular formula is C46H52N8O7S. The number of anilines is 2. The molecule has 15 nitrogen and oxygen atoms in total. The standard InChI is InChI=1S/C46H52N8O7S/c1-28(2)34-9-3-4-10-35(34)38-11-6-18-53(38)32-24-46(25-32)15-19-52(20-16-46)31-12-13-36(40(22-31)61-33-21-30-14-17-47-43(30)48-26-33)44(55)51-62(58,59)41-23-39(54(56)57)42-45(50-41)60-27-37(49-42)29-7-5-8-29/h3-4,9-10,12-14,17,21-23,26,28-29,32,37-38,49H,5-8,11,15-16,18-20,24-25,27H2,1-2H3,(H,47,48)(H,51,55)/t37-,38-/m1/s1. The van der Waals surface area contributed by atoms with Gasteiger partial charge in [-0.15, -0.1) is 0 Å². The maximum Gasteiger partial charge on any atom is 0.300 e. The van der Waals surface area contributed by atoms with Crippen molar-refractivity contribution in [3.05, 3.63) is 99.9 Å². The van der Waals surface area contributed by atoms with Crippen molar-refractivity contribution in [2.75, 3.05) is 36.5 Å².